The van der Waals surface area contributed by atoms with Crippen LogP contribution in [-0.2, 0) is 9.47 Å². The molecule has 1 fully saturated rings. The summed E-state index contributed by atoms with van der Waals surface area (Å²) >= 11 is 0. The van der Waals surface area contributed by atoms with E-state index in [2.05, 4.69) is 15.0 Å². The lowest BCUT2D eigenvalue weighted by atomic mass is 10.1. The molecule has 4 atom stereocenters. The number of rotatable bonds is 7. The molecule has 12 heteroatoms. The Hall–Kier alpha value is -5.33. The molecular formula is C31H24FN5O6. The number of alkyl halides is 1. The van der Waals surface area contributed by atoms with E-state index in [-0.39, 0.29) is 33.7 Å². The number of benzene rings is 3. The molecule has 216 valence electrons. The quantitative estimate of drug-likeness (QED) is 0.225. The van der Waals surface area contributed by atoms with Crippen molar-refractivity contribution in [3.8, 4) is 0 Å². The molecule has 3 heterocycles. The van der Waals surface area contributed by atoms with Gasteiger partial charge in [-0.2, -0.15) is 0 Å². The number of fused-ring (bicyclic) bond motifs is 1. The van der Waals surface area contributed by atoms with Crippen molar-refractivity contribution < 1.29 is 33.4 Å². The molecule has 0 aliphatic carbocycles. The van der Waals surface area contributed by atoms with Crippen molar-refractivity contribution in [3.63, 3.8) is 0 Å². The first kappa shape index (κ1) is 27.8. The number of hydrogen-bond donors (Lipinski definition) is 1. The molecule has 0 saturated carbocycles. The van der Waals surface area contributed by atoms with E-state index in [9.17, 15) is 19.5 Å². The number of halogens is 1. The number of amides is 2. The van der Waals surface area contributed by atoms with Crippen molar-refractivity contribution in [3.05, 3.63) is 120 Å². The lowest BCUT2D eigenvalue weighted by molar-refractivity contribution is -0.0544. The summed E-state index contributed by atoms with van der Waals surface area (Å²) in [6.45, 7) is -0.444. The van der Waals surface area contributed by atoms with E-state index in [0.29, 0.717) is 0 Å². The highest BCUT2D eigenvalue weighted by atomic mass is 19.1. The van der Waals surface area contributed by atoms with Gasteiger partial charge in [0.2, 0.25) is 0 Å². The summed E-state index contributed by atoms with van der Waals surface area (Å²) in [5.41, 5.74) is 0.884. The van der Waals surface area contributed by atoms with Crippen molar-refractivity contribution in [1.29, 1.82) is 0 Å². The van der Waals surface area contributed by atoms with Gasteiger partial charge in [0.25, 0.3) is 11.8 Å². The Bertz CT molecular complexity index is 1720. The maximum atomic E-state index is 15.1. The Kier molecular flexibility index (Phi) is 7.69. The second kappa shape index (κ2) is 11.9. The van der Waals surface area contributed by atoms with Gasteiger partial charge in [-0.1, -0.05) is 54.6 Å². The van der Waals surface area contributed by atoms with E-state index in [1.165, 1.54) is 10.9 Å². The molecule has 1 aliphatic rings. The van der Waals surface area contributed by atoms with Crippen LogP contribution < -0.4 is 4.90 Å². The number of carbonyl (C=O) groups excluding carboxylic acids is 3. The van der Waals surface area contributed by atoms with Crippen LogP contribution in [0.2, 0.25) is 0 Å². The first-order valence-electron chi connectivity index (χ1n) is 13.3. The van der Waals surface area contributed by atoms with Crippen molar-refractivity contribution in [1.82, 2.24) is 19.5 Å². The zero-order valence-corrected chi connectivity index (χ0v) is 22.4. The molecule has 1 N–H and O–H groups in total. The van der Waals surface area contributed by atoms with Crippen LogP contribution in [0.25, 0.3) is 11.2 Å². The van der Waals surface area contributed by atoms with Crippen LogP contribution in [0.15, 0.2) is 104 Å². The summed E-state index contributed by atoms with van der Waals surface area (Å²) in [6.07, 6.45) is -3.76. The molecule has 1 saturated heterocycles. The van der Waals surface area contributed by atoms with E-state index < -0.39 is 49.0 Å². The molecule has 11 nitrogen and oxygen atoms in total. The monoisotopic (exact) mass is 581 g/mol. The summed E-state index contributed by atoms with van der Waals surface area (Å²) in [7, 11) is 0. The summed E-state index contributed by atoms with van der Waals surface area (Å²) < 4.78 is 27.4. The van der Waals surface area contributed by atoms with Crippen LogP contribution >= 0.6 is 0 Å². The highest BCUT2D eigenvalue weighted by Gasteiger charge is 2.46. The molecule has 0 spiro atoms. The van der Waals surface area contributed by atoms with Gasteiger partial charge in [0.15, 0.2) is 29.4 Å². The third kappa shape index (κ3) is 5.36. The number of hydrogen-bond acceptors (Lipinski definition) is 9. The lowest BCUT2D eigenvalue weighted by Gasteiger charge is -2.21. The van der Waals surface area contributed by atoms with Gasteiger partial charge in [0.05, 0.1) is 11.9 Å². The second-order valence-electron chi connectivity index (χ2n) is 9.66. The van der Waals surface area contributed by atoms with Gasteiger partial charge in [0.1, 0.15) is 25.1 Å². The Morgan fingerprint density at radius 3 is 1.98 bits per heavy atom. The van der Waals surface area contributed by atoms with Gasteiger partial charge in [0, 0.05) is 11.1 Å². The zero-order valence-electron chi connectivity index (χ0n) is 22.4. The molecule has 43 heavy (non-hydrogen) atoms. The zero-order chi connectivity index (χ0) is 29.9. The maximum absolute atomic E-state index is 15.1. The maximum Gasteiger partial charge on any atom is 0.338 e. The molecule has 0 bridgehead atoms. The number of imide groups is 1. The minimum absolute atomic E-state index is 0.0428. The van der Waals surface area contributed by atoms with E-state index in [1.54, 1.807) is 91.0 Å². The second-order valence-corrected chi connectivity index (χ2v) is 9.66. The fourth-order valence-corrected chi connectivity index (χ4v) is 4.78. The van der Waals surface area contributed by atoms with Crippen LogP contribution in [0.4, 0.5) is 10.2 Å². The molecule has 3 aromatic carbocycles. The van der Waals surface area contributed by atoms with E-state index in [1.807, 2.05) is 0 Å². The largest absolute Gasteiger partial charge is 0.459 e. The number of ether oxygens (including phenoxy) is 2. The van der Waals surface area contributed by atoms with Gasteiger partial charge in [-0.15, -0.1) is 0 Å². The number of anilines is 1. The third-order valence-corrected chi connectivity index (χ3v) is 6.95. The average molecular weight is 582 g/mol. The smallest absolute Gasteiger partial charge is 0.338 e. The van der Waals surface area contributed by atoms with Crippen molar-refractivity contribution in [2.45, 2.75) is 24.6 Å². The fraction of sp³-hybridized carbons (Fsp3) is 0.161. The number of aliphatic hydroxyl groups is 1. The van der Waals surface area contributed by atoms with Crippen LogP contribution in [0.5, 0.6) is 0 Å². The van der Waals surface area contributed by atoms with Crippen LogP contribution in [0.1, 0.15) is 37.3 Å². The van der Waals surface area contributed by atoms with Gasteiger partial charge >= 0.3 is 5.97 Å². The van der Waals surface area contributed by atoms with Crippen LogP contribution in [-0.4, -0.2) is 67.4 Å². The molecule has 0 radical (unpaired) electrons. The van der Waals surface area contributed by atoms with Crippen molar-refractivity contribution in [2.75, 3.05) is 11.5 Å². The normalized spacial score (nSPS) is 19.7. The number of imidazole rings is 1. The van der Waals surface area contributed by atoms with Crippen LogP contribution in [0, 0.1) is 0 Å². The molecular weight excluding hydrogens is 557 g/mol. The van der Waals surface area contributed by atoms with Gasteiger partial charge < -0.3 is 14.6 Å². The number of esters is 1. The Balaban J connectivity index is 1.31. The van der Waals surface area contributed by atoms with Crippen LogP contribution in [0.3, 0.4) is 0 Å². The van der Waals surface area contributed by atoms with Crippen molar-refractivity contribution >= 4 is 34.8 Å². The van der Waals surface area contributed by atoms with Gasteiger partial charge in [-0.25, -0.2) is 29.0 Å². The third-order valence-electron chi connectivity index (χ3n) is 6.95. The Morgan fingerprint density at radius 2 is 1.40 bits per heavy atom. The highest BCUT2D eigenvalue weighted by molar-refractivity contribution is 6.27. The SMILES string of the molecule is O=C(OC[C@@H]1O[C@H](n2cnc3c(N(C(=O)c4ccccc4)C(=O)c4ccccc4)ncnc32)[C@@H](O)[C@H]1F)c1ccccc1. The first-order chi connectivity index (χ1) is 20.9. The highest BCUT2D eigenvalue weighted by Crippen LogP contribution is 2.35. The lowest BCUT2D eigenvalue weighted by Crippen LogP contribution is -2.38. The molecule has 2 aromatic heterocycles. The molecule has 6 rings (SSSR count). The summed E-state index contributed by atoms with van der Waals surface area (Å²) in [5, 5.41) is 10.7. The topological polar surface area (TPSA) is 137 Å². The Labute approximate surface area is 244 Å². The molecule has 1 aliphatic heterocycles. The average Bonchev–Trinajstić information content (AvgIpc) is 3.61. The number of nitrogens with zero attached hydrogens (tertiary/aromatic N) is 5. The molecule has 0 unspecified atom stereocenters. The predicted octanol–water partition coefficient (Wildman–Crippen LogP) is 3.77. The fourth-order valence-electron chi connectivity index (χ4n) is 4.78. The van der Waals surface area contributed by atoms with Gasteiger partial charge in [-0.3, -0.25) is 14.2 Å². The van der Waals surface area contributed by atoms with Gasteiger partial charge in [-0.05, 0) is 36.4 Å². The number of aromatic nitrogens is 4. The Morgan fingerprint density at radius 1 is 0.837 bits per heavy atom. The standard InChI is InChI=1S/C31H24FN5O6/c32-23-22(16-42-31(41)21-14-8-3-9-15-21)43-30(25(23)38)36-18-35-24-26(36)33-17-34-27(24)37(28(39)19-10-4-1-5-11-19)29(40)20-12-6-2-7-13-20/h1-15,17-18,22-23,25,30,38H,16H2/t22-,23-,25-,30-/m0/s1. The summed E-state index contributed by atoms with van der Waals surface area (Å²) in [4.78, 5) is 53.4. The van der Waals surface area contributed by atoms with E-state index in [0.717, 1.165) is 11.2 Å². The van der Waals surface area contributed by atoms with Crippen molar-refractivity contribution in [2.24, 2.45) is 0 Å². The number of aliphatic hydroxyl groups excluding tert-OH is 1. The molecule has 5 aromatic rings. The first-order valence-corrected chi connectivity index (χ1v) is 13.3. The minimum atomic E-state index is -1.90. The predicted molar refractivity (Wildman–Crippen MR) is 151 cm³/mol. The van der Waals surface area contributed by atoms with E-state index >= 15 is 4.39 Å². The minimum Gasteiger partial charge on any atom is -0.459 e. The van der Waals surface area contributed by atoms with E-state index in [4.69, 9.17) is 9.47 Å². The number of carbonyl (C=O) groups is 3. The molecule has 2 amide bonds. The summed E-state index contributed by atoms with van der Waals surface area (Å²) in [6, 6.07) is 24.6. The summed E-state index contributed by atoms with van der Waals surface area (Å²) in [5.74, 6) is -2.06.